The van der Waals surface area contributed by atoms with Crippen LogP contribution < -0.4 is 16.4 Å². The van der Waals surface area contributed by atoms with Gasteiger partial charge in [0.25, 0.3) is 5.91 Å². The Morgan fingerprint density at radius 1 is 1.02 bits per heavy atom. The van der Waals surface area contributed by atoms with E-state index in [1.807, 2.05) is 11.0 Å². The maximum Gasteiger partial charge on any atom is 0.274 e. The number of para-hydroxylation sites is 2. The molecule has 3 aromatic rings. The summed E-state index contributed by atoms with van der Waals surface area (Å²) in [7, 11) is 0. The summed E-state index contributed by atoms with van der Waals surface area (Å²) in [5.41, 5.74) is 8.46. The van der Waals surface area contributed by atoms with Gasteiger partial charge in [-0.05, 0) is 55.3 Å². The Morgan fingerprint density at radius 2 is 1.82 bits per heavy atom. The number of halogens is 2. The first-order chi connectivity index (χ1) is 19.4. The minimum Gasteiger partial charge on any atom is -0.397 e. The fourth-order valence-corrected chi connectivity index (χ4v) is 4.44. The van der Waals surface area contributed by atoms with E-state index in [0.717, 1.165) is 69.8 Å². The molecule has 10 heteroatoms. The first kappa shape index (κ1) is 29.0. The Kier molecular flexibility index (Phi) is 10.4. The number of hydrogen-bond donors (Lipinski definition) is 3. The number of rotatable bonds is 13. The van der Waals surface area contributed by atoms with Crippen LogP contribution in [0.25, 0.3) is 0 Å². The molecule has 1 saturated heterocycles. The summed E-state index contributed by atoms with van der Waals surface area (Å²) < 4.78 is 32.6. The molecule has 8 nitrogen and oxygen atoms in total. The molecule has 212 valence electrons. The lowest BCUT2D eigenvalue weighted by molar-refractivity contribution is 0.0371. The highest BCUT2D eigenvalue weighted by Crippen LogP contribution is 2.20. The normalized spacial score (nSPS) is 13.6. The molecule has 0 bridgehead atoms. The minimum atomic E-state index is -0.928. The molecule has 0 radical (unpaired) electrons. The number of aromatic nitrogens is 1. The molecule has 1 amide bonds. The van der Waals surface area contributed by atoms with E-state index in [2.05, 4.69) is 27.1 Å². The molecule has 1 aliphatic heterocycles. The molecule has 0 spiro atoms. The van der Waals surface area contributed by atoms with Crippen LogP contribution in [0.3, 0.4) is 0 Å². The lowest BCUT2D eigenvalue weighted by Crippen LogP contribution is -2.36. The van der Waals surface area contributed by atoms with Crippen LogP contribution in [0.15, 0.2) is 73.2 Å². The Balaban J connectivity index is 1.36. The third-order valence-electron chi connectivity index (χ3n) is 6.74. The third kappa shape index (κ3) is 8.49. The summed E-state index contributed by atoms with van der Waals surface area (Å²) in [5.74, 6) is -1.63. The van der Waals surface area contributed by atoms with E-state index < -0.39 is 11.6 Å². The van der Waals surface area contributed by atoms with Crippen LogP contribution in [0, 0.1) is 11.6 Å². The molecule has 1 aliphatic rings. The summed E-state index contributed by atoms with van der Waals surface area (Å²) in [6.07, 6.45) is 4.69. The Labute approximate surface area is 233 Å². The molecule has 0 aliphatic carbocycles. The van der Waals surface area contributed by atoms with Crippen LogP contribution in [-0.2, 0) is 11.3 Å². The van der Waals surface area contributed by atoms with Crippen LogP contribution in [0.2, 0.25) is 0 Å². The second kappa shape index (κ2) is 14.4. The van der Waals surface area contributed by atoms with E-state index in [1.54, 1.807) is 36.5 Å². The topological polar surface area (TPSA) is 95.8 Å². The summed E-state index contributed by atoms with van der Waals surface area (Å²) in [4.78, 5) is 21.5. The second-order valence-electron chi connectivity index (χ2n) is 9.73. The molecule has 0 unspecified atom stereocenters. The van der Waals surface area contributed by atoms with Crippen LogP contribution in [0.4, 0.5) is 25.8 Å². The van der Waals surface area contributed by atoms with Crippen LogP contribution in [0.1, 0.15) is 35.3 Å². The molecule has 4 rings (SSSR count). The van der Waals surface area contributed by atoms with E-state index in [9.17, 15) is 13.6 Å². The smallest absolute Gasteiger partial charge is 0.274 e. The highest BCUT2D eigenvalue weighted by Gasteiger charge is 2.14. The lowest BCUT2D eigenvalue weighted by Gasteiger charge is -2.28. The summed E-state index contributed by atoms with van der Waals surface area (Å²) in [6.45, 7) is 9.89. The van der Waals surface area contributed by atoms with E-state index in [4.69, 9.17) is 10.5 Å². The van der Waals surface area contributed by atoms with E-state index >= 15 is 0 Å². The molecule has 2 aromatic carbocycles. The molecule has 0 saturated carbocycles. The lowest BCUT2D eigenvalue weighted by atomic mass is 10.2. The summed E-state index contributed by atoms with van der Waals surface area (Å²) >= 11 is 0. The second-order valence-corrected chi connectivity index (χ2v) is 9.73. The van der Waals surface area contributed by atoms with Crippen LogP contribution in [0.5, 0.6) is 0 Å². The molecule has 1 fully saturated rings. The van der Waals surface area contributed by atoms with Gasteiger partial charge in [0.15, 0.2) is 11.6 Å². The Bertz CT molecular complexity index is 1280. The van der Waals surface area contributed by atoms with E-state index in [1.165, 1.54) is 6.07 Å². The van der Waals surface area contributed by atoms with Crippen molar-refractivity contribution in [3.05, 3.63) is 96.1 Å². The summed E-state index contributed by atoms with van der Waals surface area (Å²) in [6, 6.07) is 14.2. The molecule has 4 N–H and O–H groups in total. The van der Waals surface area contributed by atoms with E-state index in [0.29, 0.717) is 36.0 Å². The number of carbonyl (C=O) groups excluding carboxylic acids is 1. The molecule has 0 atom stereocenters. The van der Waals surface area contributed by atoms with Crippen molar-refractivity contribution in [3.8, 4) is 0 Å². The minimum absolute atomic E-state index is 0.264. The molecular weight excluding hydrogens is 514 g/mol. The van der Waals surface area contributed by atoms with Crippen molar-refractivity contribution in [1.29, 1.82) is 0 Å². The van der Waals surface area contributed by atoms with Gasteiger partial charge in [0, 0.05) is 44.1 Å². The maximum atomic E-state index is 13.8. The van der Waals surface area contributed by atoms with Crippen molar-refractivity contribution in [2.75, 3.05) is 55.8 Å². The van der Waals surface area contributed by atoms with Gasteiger partial charge >= 0.3 is 0 Å². The predicted molar refractivity (Wildman–Crippen MR) is 154 cm³/mol. The number of anilines is 3. The average Bonchev–Trinajstić information content (AvgIpc) is 2.96. The number of nitrogens with zero attached hydrogens (tertiary/aromatic N) is 3. The number of carbonyl (C=O) groups is 1. The zero-order chi connectivity index (χ0) is 28.3. The number of morpholine rings is 1. The van der Waals surface area contributed by atoms with Crippen LogP contribution >= 0.6 is 0 Å². The van der Waals surface area contributed by atoms with Crippen molar-refractivity contribution >= 4 is 23.0 Å². The monoisotopic (exact) mass is 550 g/mol. The molecule has 1 aromatic heterocycles. The molecular formula is C30H36F2N6O2. The van der Waals surface area contributed by atoms with Gasteiger partial charge in [-0.2, -0.15) is 0 Å². The third-order valence-corrected chi connectivity index (χ3v) is 6.74. The highest BCUT2D eigenvalue weighted by molar-refractivity contribution is 6.04. The number of hydrogen-bond acceptors (Lipinski definition) is 7. The maximum absolute atomic E-state index is 13.8. The number of pyridine rings is 1. The van der Waals surface area contributed by atoms with Gasteiger partial charge in [-0.3, -0.25) is 14.7 Å². The molecule has 2 heterocycles. The number of nitrogens with one attached hydrogen (secondary N) is 2. The average molecular weight is 551 g/mol. The number of nitrogens with two attached hydrogens (primary N) is 1. The number of benzene rings is 2. The zero-order valence-corrected chi connectivity index (χ0v) is 22.5. The standard InChI is InChI=1S/C30H36F2N6O2/c1-22(35-24-10-11-25(31)26(32)19-24)38(14-6-2-5-13-37-15-17-40-18-16-37)21-23-9-12-29(34-20-23)30(39)36-28-8-4-3-7-27(28)33/h3-4,7-12,19-20,35H,1-2,5-6,13-18,21,33H2,(H,36,39). The van der Waals surface area contributed by atoms with Crippen molar-refractivity contribution in [2.24, 2.45) is 0 Å². The zero-order valence-electron chi connectivity index (χ0n) is 22.5. The van der Waals surface area contributed by atoms with Gasteiger partial charge in [-0.25, -0.2) is 8.78 Å². The van der Waals surface area contributed by atoms with Gasteiger partial charge in [0.2, 0.25) is 0 Å². The number of amides is 1. The summed E-state index contributed by atoms with van der Waals surface area (Å²) in [5, 5.41) is 5.87. The first-order valence-corrected chi connectivity index (χ1v) is 13.5. The Morgan fingerprint density at radius 3 is 2.55 bits per heavy atom. The van der Waals surface area contributed by atoms with Gasteiger partial charge in [0.1, 0.15) is 5.69 Å². The van der Waals surface area contributed by atoms with Crippen molar-refractivity contribution in [2.45, 2.75) is 25.8 Å². The van der Waals surface area contributed by atoms with Crippen molar-refractivity contribution < 1.29 is 18.3 Å². The SMILES string of the molecule is C=C(Nc1ccc(F)c(F)c1)N(CCCCCN1CCOCC1)Cc1ccc(C(=O)Nc2ccccc2N)nc1. The number of unbranched alkanes of at least 4 members (excludes halogenated alkanes) is 2. The largest absolute Gasteiger partial charge is 0.397 e. The highest BCUT2D eigenvalue weighted by atomic mass is 19.2. The van der Waals surface area contributed by atoms with E-state index in [-0.39, 0.29) is 11.6 Å². The van der Waals surface area contributed by atoms with Crippen molar-refractivity contribution in [1.82, 2.24) is 14.8 Å². The fourth-order valence-electron chi connectivity index (χ4n) is 4.44. The van der Waals surface area contributed by atoms with Crippen molar-refractivity contribution in [3.63, 3.8) is 0 Å². The van der Waals surface area contributed by atoms with Crippen LogP contribution in [-0.4, -0.2) is 60.1 Å². The fraction of sp³-hybridized carbons (Fsp3) is 0.333. The van der Waals surface area contributed by atoms with Gasteiger partial charge in [-0.1, -0.05) is 31.2 Å². The number of ether oxygens (including phenoxy) is 1. The quantitative estimate of drug-likeness (QED) is 0.202. The van der Waals surface area contributed by atoms with Gasteiger partial charge in [-0.15, -0.1) is 0 Å². The predicted octanol–water partition coefficient (Wildman–Crippen LogP) is 5.08. The first-order valence-electron chi connectivity index (χ1n) is 13.5. The van der Waals surface area contributed by atoms with Gasteiger partial charge < -0.3 is 26.0 Å². The Hall–Kier alpha value is -4.02. The number of nitrogen functional groups attached to an aromatic ring is 1. The van der Waals surface area contributed by atoms with Gasteiger partial charge in [0.05, 0.1) is 30.4 Å². The molecule has 40 heavy (non-hydrogen) atoms.